The zero-order valence-corrected chi connectivity index (χ0v) is 9.94. The third kappa shape index (κ3) is 3.17. The first-order valence-electron chi connectivity index (χ1n) is 5.37. The Morgan fingerprint density at radius 1 is 1.53 bits per heavy atom. The maximum Gasteiger partial charge on any atom is 0.337 e. The van der Waals surface area contributed by atoms with Gasteiger partial charge in [-0.05, 0) is 19.1 Å². The van der Waals surface area contributed by atoms with Gasteiger partial charge in [0.05, 0.1) is 17.9 Å². The number of ether oxygens (including phenoxy) is 1. The lowest BCUT2D eigenvalue weighted by atomic mass is 10.1. The Kier molecular flexibility index (Phi) is 4.90. The molecule has 0 fully saturated rings. The molecule has 0 spiro atoms. The normalized spacial score (nSPS) is 10.3. The van der Waals surface area contributed by atoms with Crippen LogP contribution in [0, 0.1) is 5.82 Å². The third-order valence-corrected chi connectivity index (χ3v) is 2.48. The Morgan fingerprint density at radius 3 is 2.76 bits per heavy atom. The van der Waals surface area contributed by atoms with E-state index in [9.17, 15) is 9.18 Å². The molecule has 0 heterocycles. The van der Waals surface area contributed by atoms with E-state index in [1.165, 1.54) is 18.2 Å². The van der Waals surface area contributed by atoms with E-state index in [0.717, 1.165) is 0 Å². The van der Waals surface area contributed by atoms with Crippen LogP contribution in [0.15, 0.2) is 18.2 Å². The van der Waals surface area contributed by atoms with Crippen LogP contribution in [0.4, 0.5) is 10.1 Å². The van der Waals surface area contributed by atoms with Crippen LogP contribution in [0.3, 0.4) is 0 Å². The van der Waals surface area contributed by atoms with Crippen LogP contribution in [0.1, 0.15) is 17.3 Å². The molecule has 0 atom stereocenters. The number of carbonyl (C=O) groups is 1. The van der Waals surface area contributed by atoms with E-state index in [1.807, 2.05) is 6.92 Å². The van der Waals surface area contributed by atoms with Gasteiger partial charge in [0, 0.05) is 20.2 Å². The molecule has 0 bridgehead atoms. The van der Waals surface area contributed by atoms with Gasteiger partial charge in [-0.2, -0.15) is 0 Å². The Morgan fingerprint density at radius 2 is 2.24 bits per heavy atom. The van der Waals surface area contributed by atoms with Crippen molar-refractivity contribution in [3.63, 3.8) is 0 Å². The van der Waals surface area contributed by atoms with E-state index in [2.05, 4.69) is 0 Å². The van der Waals surface area contributed by atoms with E-state index < -0.39 is 11.8 Å². The molecular weight excluding hydrogens is 225 g/mol. The summed E-state index contributed by atoms with van der Waals surface area (Å²) in [4.78, 5) is 12.7. The molecule has 0 radical (unpaired) electrons. The quantitative estimate of drug-likeness (QED) is 0.827. The lowest BCUT2D eigenvalue weighted by Gasteiger charge is -2.24. The number of benzene rings is 1. The van der Waals surface area contributed by atoms with Crippen LogP contribution in [0.25, 0.3) is 0 Å². The maximum atomic E-state index is 13.7. The lowest BCUT2D eigenvalue weighted by molar-refractivity contribution is 0.0697. The van der Waals surface area contributed by atoms with E-state index in [4.69, 9.17) is 9.84 Å². The van der Waals surface area contributed by atoms with Gasteiger partial charge in [0.2, 0.25) is 0 Å². The highest BCUT2D eigenvalue weighted by atomic mass is 19.1. The molecule has 0 aliphatic rings. The van der Waals surface area contributed by atoms with Gasteiger partial charge in [-0.1, -0.05) is 6.07 Å². The number of halogens is 1. The summed E-state index contributed by atoms with van der Waals surface area (Å²) in [6.07, 6.45) is 0. The van der Waals surface area contributed by atoms with Gasteiger partial charge in [0.15, 0.2) is 0 Å². The summed E-state index contributed by atoms with van der Waals surface area (Å²) in [5.74, 6) is -1.65. The number of para-hydroxylation sites is 1. The predicted molar refractivity (Wildman–Crippen MR) is 63.1 cm³/mol. The van der Waals surface area contributed by atoms with Crippen molar-refractivity contribution in [2.24, 2.45) is 0 Å². The Hall–Kier alpha value is -1.62. The van der Waals surface area contributed by atoms with Crippen LogP contribution in [-0.4, -0.2) is 37.9 Å². The highest BCUT2D eigenvalue weighted by Crippen LogP contribution is 2.24. The van der Waals surface area contributed by atoms with E-state index in [0.29, 0.717) is 19.7 Å². The second-order valence-corrected chi connectivity index (χ2v) is 3.51. The van der Waals surface area contributed by atoms with Gasteiger partial charge in [-0.3, -0.25) is 0 Å². The average molecular weight is 241 g/mol. The van der Waals surface area contributed by atoms with Crippen molar-refractivity contribution in [1.29, 1.82) is 0 Å². The van der Waals surface area contributed by atoms with Crippen LogP contribution in [-0.2, 0) is 4.74 Å². The highest BCUT2D eigenvalue weighted by molar-refractivity contribution is 5.94. The van der Waals surface area contributed by atoms with Crippen molar-refractivity contribution < 1.29 is 19.0 Å². The van der Waals surface area contributed by atoms with Gasteiger partial charge < -0.3 is 14.7 Å². The Balaban J connectivity index is 3.11. The largest absolute Gasteiger partial charge is 0.478 e. The zero-order valence-electron chi connectivity index (χ0n) is 9.94. The number of hydrogen-bond acceptors (Lipinski definition) is 3. The Bertz CT molecular complexity index is 395. The number of aromatic carboxylic acids is 1. The third-order valence-electron chi connectivity index (χ3n) is 2.48. The summed E-state index contributed by atoms with van der Waals surface area (Å²) in [6.45, 7) is 3.23. The molecule has 0 aromatic heterocycles. The molecular formula is C12H16FNO3. The van der Waals surface area contributed by atoms with Crippen molar-refractivity contribution >= 4 is 11.7 Å². The number of methoxy groups -OCH3 is 1. The molecule has 5 heteroatoms. The maximum absolute atomic E-state index is 13.7. The van der Waals surface area contributed by atoms with Gasteiger partial charge in [0.25, 0.3) is 0 Å². The first-order valence-corrected chi connectivity index (χ1v) is 5.37. The summed E-state index contributed by atoms with van der Waals surface area (Å²) < 4.78 is 18.7. The van der Waals surface area contributed by atoms with Crippen molar-refractivity contribution in [3.8, 4) is 0 Å². The topological polar surface area (TPSA) is 49.8 Å². The van der Waals surface area contributed by atoms with Crippen molar-refractivity contribution in [2.75, 3.05) is 31.7 Å². The molecule has 17 heavy (non-hydrogen) atoms. The molecule has 0 saturated carbocycles. The minimum atomic E-state index is -1.13. The summed E-state index contributed by atoms with van der Waals surface area (Å²) in [6, 6.07) is 4.06. The second kappa shape index (κ2) is 6.20. The molecule has 0 saturated heterocycles. The number of nitrogens with zero attached hydrogens (tertiary/aromatic N) is 1. The molecule has 1 N–H and O–H groups in total. The molecule has 1 rings (SSSR count). The highest BCUT2D eigenvalue weighted by Gasteiger charge is 2.18. The SMILES string of the molecule is CCN(CCOC)c1c(F)cccc1C(=O)O. The summed E-state index contributed by atoms with van der Waals surface area (Å²) in [5, 5.41) is 9.04. The molecule has 0 unspecified atom stereocenters. The fourth-order valence-corrected chi connectivity index (χ4v) is 1.64. The zero-order chi connectivity index (χ0) is 12.8. The van der Waals surface area contributed by atoms with E-state index >= 15 is 0 Å². The number of anilines is 1. The minimum Gasteiger partial charge on any atom is -0.478 e. The first-order chi connectivity index (χ1) is 8.11. The van der Waals surface area contributed by atoms with Crippen LogP contribution in [0.2, 0.25) is 0 Å². The second-order valence-electron chi connectivity index (χ2n) is 3.51. The summed E-state index contributed by atoms with van der Waals surface area (Å²) in [7, 11) is 1.55. The van der Waals surface area contributed by atoms with Crippen LogP contribution < -0.4 is 4.90 Å². The molecule has 94 valence electrons. The average Bonchev–Trinajstić information content (AvgIpc) is 2.31. The van der Waals surface area contributed by atoms with Gasteiger partial charge in [-0.25, -0.2) is 9.18 Å². The van der Waals surface area contributed by atoms with Crippen LogP contribution >= 0.6 is 0 Å². The number of carboxylic acid groups (broad SMARTS) is 1. The number of hydrogen-bond donors (Lipinski definition) is 1. The monoisotopic (exact) mass is 241 g/mol. The molecule has 0 amide bonds. The van der Waals surface area contributed by atoms with Crippen LogP contribution in [0.5, 0.6) is 0 Å². The summed E-state index contributed by atoms with van der Waals surface area (Å²) in [5.41, 5.74) is 0.0995. The van der Waals surface area contributed by atoms with Gasteiger partial charge in [-0.15, -0.1) is 0 Å². The molecule has 1 aromatic rings. The fourth-order valence-electron chi connectivity index (χ4n) is 1.64. The molecule has 0 aliphatic heterocycles. The standard InChI is InChI=1S/C12H16FNO3/c1-3-14(7-8-17-2)11-9(12(15)16)5-4-6-10(11)13/h4-6H,3,7-8H2,1-2H3,(H,15,16). The molecule has 1 aromatic carbocycles. The molecule has 4 nitrogen and oxygen atoms in total. The van der Waals surface area contributed by atoms with Crippen molar-refractivity contribution in [3.05, 3.63) is 29.6 Å². The number of carboxylic acids is 1. The summed E-state index contributed by atoms with van der Waals surface area (Å²) >= 11 is 0. The van der Waals surface area contributed by atoms with Crippen molar-refractivity contribution in [2.45, 2.75) is 6.92 Å². The van der Waals surface area contributed by atoms with Gasteiger partial charge in [0.1, 0.15) is 5.82 Å². The number of rotatable bonds is 6. The van der Waals surface area contributed by atoms with Gasteiger partial charge >= 0.3 is 5.97 Å². The first kappa shape index (κ1) is 13.4. The smallest absolute Gasteiger partial charge is 0.337 e. The fraction of sp³-hybridized carbons (Fsp3) is 0.417. The number of likely N-dealkylation sites (N-methyl/N-ethyl adjacent to an activating group) is 1. The van der Waals surface area contributed by atoms with Crippen molar-refractivity contribution in [1.82, 2.24) is 0 Å². The lowest BCUT2D eigenvalue weighted by Crippen LogP contribution is -2.29. The Labute approximate surface area is 99.6 Å². The predicted octanol–water partition coefficient (Wildman–Crippen LogP) is 2.00. The van der Waals surface area contributed by atoms with E-state index in [-0.39, 0.29) is 11.3 Å². The minimum absolute atomic E-state index is 0.0250. The van der Waals surface area contributed by atoms with E-state index in [1.54, 1.807) is 12.0 Å². The molecule has 0 aliphatic carbocycles.